The highest BCUT2D eigenvalue weighted by molar-refractivity contribution is 5.67. The van der Waals surface area contributed by atoms with Crippen molar-refractivity contribution in [3.05, 3.63) is 12.7 Å². The summed E-state index contributed by atoms with van der Waals surface area (Å²) in [5.41, 5.74) is 0. The van der Waals surface area contributed by atoms with Gasteiger partial charge in [-0.3, -0.25) is 0 Å². The molecule has 0 heterocycles. The van der Waals surface area contributed by atoms with Crippen LogP contribution in [0.1, 0.15) is 0 Å². The zero-order valence-corrected chi connectivity index (χ0v) is 7.66. The summed E-state index contributed by atoms with van der Waals surface area (Å²) in [4.78, 5) is 10.8. The van der Waals surface area contributed by atoms with Crippen molar-refractivity contribution in [2.75, 3.05) is 26.9 Å². The highest BCUT2D eigenvalue weighted by Gasteiger charge is 2.05. The van der Waals surface area contributed by atoms with Gasteiger partial charge in [-0.05, 0) is 0 Å². The van der Waals surface area contributed by atoms with Crippen LogP contribution in [0.15, 0.2) is 12.7 Å². The van der Waals surface area contributed by atoms with Gasteiger partial charge in [0.15, 0.2) is 0 Å². The normalized spacial score (nSPS) is 11.8. The van der Waals surface area contributed by atoms with Gasteiger partial charge in [-0.25, -0.2) is 4.79 Å². The van der Waals surface area contributed by atoms with Crippen molar-refractivity contribution in [1.82, 2.24) is 5.32 Å². The standard InChI is InChI=1S/C8H15NO4/c1-3-4-13-8(11)9-5-7(10)6-12-2/h3,7,10H,1,4-6H2,2H3,(H,9,11). The maximum atomic E-state index is 10.8. The lowest BCUT2D eigenvalue weighted by atomic mass is 10.4. The quantitative estimate of drug-likeness (QED) is 0.573. The molecule has 0 bridgehead atoms. The van der Waals surface area contributed by atoms with Gasteiger partial charge in [-0.2, -0.15) is 0 Å². The molecule has 0 aromatic heterocycles. The van der Waals surface area contributed by atoms with Crippen molar-refractivity contribution in [3.8, 4) is 0 Å². The van der Waals surface area contributed by atoms with Gasteiger partial charge in [0.1, 0.15) is 6.61 Å². The van der Waals surface area contributed by atoms with Gasteiger partial charge in [-0.1, -0.05) is 12.7 Å². The number of nitrogens with one attached hydrogen (secondary N) is 1. The second-order valence-corrected chi connectivity index (χ2v) is 2.38. The molecule has 1 unspecified atom stereocenters. The van der Waals surface area contributed by atoms with E-state index in [1.54, 1.807) is 0 Å². The summed E-state index contributed by atoms with van der Waals surface area (Å²) in [7, 11) is 1.47. The summed E-state index contributed by atoms with van der Waals surface area (Å²) in [5, 5.41) is 11.5. The van der Waals surface area contributed by atoms with Crippen LogP contribution in [0, 0.1) is 0 Å². The smallest absolute Gasteiger partial charge is 0.407 e. The van der Waals surface area contributed by atoms with Crippen LogP contribution in [0.25, 0.3) is 0 Å². The zero-order chi connectivity index (χ0) is 10.1. The van der Waals surface area contributed by atoms with Gasteiger partial charge in [0.25, 0.3) is 0 Å². The Kier molecular flexibility index (Phi) is 6.95. The fourth-order valence-electron chi connectivity index (χ4n) is 0.638. The number of hydrogen-bond acceptors (Lipinski definition) is 4. The fourth-order valence-corrected chi connectivity index (χ4v) is 0.638. The molecule has 13 heavy (non-hydrogen) atoms. The Labute approximate surface area is 77.3 Å². The van der Waals surface area contributed by atoms with Crippen LogP contribution >= 0.6 is 0 Å². The Morgan fingerprint density at radius 1 is 1.77 bits per heavy atom. The number of methoxy groups -OCH3 is 1. The molecule has 1 atom stereocenters. The van der Waals surface area contributed by atoms with Crippen LogP contribution in [-0.4, -0.2) is 44.2 Å². The van der Waals surface area contributed by atoms with Crippen LogP contribution in [0.2, 0.25) is 0 Å². The third-order valence-electron chi connectivity index (χ3n) is 1.17. The third-order valence-corrected chi connectivity index (χ3v) is 1.17. The average Bonchev–Trinajstić information content (AvgIpc) is 2.12. The molecule has 5 heteroatoms. The molecule has 0 aliphatic carbocycles. The minimum Gasteiger partial charge on any atom is -0.445 e. The first-order valence-electron chi connectivity index (χ1n) is 3.89. The van der Waals surface area contributed by atoms with E-state index in [1.807, 2.05) is 0 Å². The number of carbonyl (C=O) groups is 1. The van der Waals surface area contributed by atoms with Crippen LogP contribution in [0.5, 0.6) is 0 Å². The Morgan fingerprint density at radius 3 is 3.00 bits per heavy atom. The maximum absolute atomic E-state index is 10.8. The minimum absolute atomic E-state index is 0.115. The Hall–Kier alpha value is -1.07. The number of hydrogen-bond donors (Lipinski definition) is 2. The van der Waals surface area contributed by atoms with Crippen molar-refractivity contribution >= 4 is 6.09 Å². The first-order chi connectivity index (χ1) is 6.20. The van der Waals surface area contributed by atoms with Crippen LogP contribution < -0.4 is 5.32 Å². The van der Waals surface area contributed by atoms with E-state index in [0.717, 1.165) is 0 Å². The summed E-state index contributed by atoms with van der Waals surface area (Å²) in [6, 6.07) is 0. The average molecular weight is 189 g/mol. The van der Waals surface area contributed by atoms with Crippen molar-refractivity contribution in [2.45, 2.75) is 6.10 Å². The Bertz CT molecular complexity index is 160. The lowest BCUT2D eigenvalue weighted by molar-refractivity contribution is 0.0629. The molecule has 1 amide bonds. The first-order valence-corrected chi connectivity index (χ1v) is 3.89. The molecule has 76 valence electrons. The van der Waals surface area contributed by atoms with E-state index in [9.17, 15) is 4.79 Å². The van der Waals surface area contributed by atoms with Crippen LogP contribution in [0.4, 0.5) is 4.79 Å². The highest BCUT2D eigenvalue weighted by atomic mass is 16.5. The summed E-state index contributed by atoms with van der Waals surface area (Å²) >= 11 is 0. The predicted molar refractivity (Wildman–Crippen MR) is 47.4 cm³/mol. The lowest BCUT2D eigenvalue weighted by Gasteiger charge is -2.10. The van der Waals surface area contributed by atoms with Gasteiger partial charge in [0.2, 0.25) is 0 Å². The topological polar surface area (TPSA) is 67.8 Å². The van der Waals surface area contributed by atoms with Crippen molar-refractivity contribution in [2.24, 2.45) is 0 Å². The van der Waals surface area contributed by atoms with E-state index in [4.69, 9.17) is 5.11 Å². The SMILES string of the molecule is C=CCOC(=O)NCC(O)COC. The first kappa shape index (κ1) is 11.9. The molecule has 0 saturated heterocycles. The number of rotatable bonds is 6. The largest absolute Gasteiger partial charge is 0.445 e. The molecule has 0 aromatic rings. The van der Waals surface area contributed by atoms with Gasteiger partial charge in [0, 0.05) is 13.7 Å². The number of aliphatic hydroxyl groups excluding tert-OH is 1. The molecule has 2 N–H and O–H groups in total. The van der Waals surface area contributed by atoms with Crippen LogP contribution in [-0.2, 0) is 9.47 Å². The zero-order valence-electron chi connectivity index (χ0n) is 7.66. The van der Waals surface area contributed by atoms with Gasteiger partial charge in [0.05, 0.1) is 12.7 Å². The van der Waals surface area contributed by atoms with Gasteiger partial charge in [-0.15, -0.1) is 0 Å². The number of carbonyl (C=O) groups excluding carboxylic acids is 1. The van der Waals surface area contributed by atoms with Gasteiger partial charge < -0.3 is 19.9 Å². The fraction of sp³-hybridized carbons (Fsp3) is 0.625. The van der Waals surface area contributed by atoms with E-state index < -0.39 is 12.2 Å². The summed E-state index contributed by atoms with van der Waals surface area (Å²) < 4.78 is 9.26. The number of alkyl carbamates (subject to hydrolysis) is 1. The third kappa shape index (κ3) is 7.30. The Morgan fingerprint density at radius 2 is 2.46 bits per heavy atom. The molecular weight excluding hydrogens is 174 g/mol. The summed E-state index contributed by atoms with van der Waals surface area (Å²) in [6.45, 7) is 3.84. The molecular formula is C8H15NO4. The lowest BCUT2D eigenvalue weighted by Crippen LogP contribution is -2.34. The van der Waals surface area contributed by atoms with Crippen molar-refractivity contribution in [1.29, 1.82) is 0 Å². The van der Waals surface area contributed by atoms with Crippen molar-refractivity contribution in [3.63, 3.8) is 0 Å². The van der Waals surface area contributed by atoms with E-state index in [0.29, 0.717) is 0 Å². The monoisotopic (exact) mass is 189 g/mol. The van der Waals surface area contributed by atoms with E-state index in [2.05, 4.69) is 21.4 Å². The summed E-state index contributed by atoms with van der Waals surface area (Å²) in [6.07, 6.45) is 0.182. The van der Waals surface area contributed by atoms with E-state index in [1.165, 1.54) is 13.2 Å². The molecule has 0 aliphatic heterocycles. The molecule has 0 saturated carbocycles. The van der Waals surface area contributed by atoms with E-state index in [-0.39, 0.29) is 19.8 Å². The predicted octanol–water partition coefficient (Wildman–Crippen LogP) is -0.0941. The molecule has 0 rings (SSSR count). The second-order valence-electron chi connectivity index (χ2n) is 2.38. The minimum atomic E-state index is -0.707. The number of aliphatic hydroxyl groups is 1. The number of amides is 1. The maximum Gasteiger partial charge on any atom is 0.407 e. The van der Waals surface area contributed by atoms with Crippen LogP contribution in [0.3, 0.4) is 0 Å². The molecule has 0 fully saturated rings. The molecule has 0 aromatic carbocycles. The molecule has 5 nitrogen and oxygen atoms in total. The molecule has 0 aliphatic rings. The summed E-state index contributed by atoms with van der Waals surface area (Å²) in [5.74, 6) is 0. The van der Waals surface area contributed by atoms with Crippen molar-refractivity contribution < 1.29 is 19.4 Å². The Balaban J connectivity index is 3.39. The van der Waals surface area contributed by atoms with E-state index >= 15 is 0 Å². The number of ether oxygens (including phenoxy) is 2. The van der Waals surface area contributed by atoms with Gasteiger partial charge >= 0.3 is 6.09 Å². The highest BCUT2D eigenvalue weighted by Crippen LogP contribution is 1.83. The second kappa shape index (κ2) is 7.57. The molecule has 0 spiro atoms. The molecule has 0 radical (unpaired) electrons.